The van der Waals surface area contributed by atoms with Crippen molar-refractivity contribution in [3.8, 4) is 5.88 Å². The van der Waals surface area contributed by atoms with Crippen LogP contribution in [0.25, 0.3) is 0 Å². The van der Waals surface area contributed by atoms with Crippen LogP contribution in [0.15, 0.2) is 6.07 Å². The molecule has 0 saturated carbocycles. The number of nitrogens with zero attached hydrogens (tertiary/aromatic N) is 1. The van der Waals surface area contributed by atoms with Gasteiger partial charge in [-0.1, -0.05) is 0 Å². The van der Waals surface area contributed by atoms with Crippen molar-refractivity contribution in [2.24, 2.45) is 0 Å². The molecule has 1 aromatic heterocycles. The Kier molecular flexibility index (Phi) is 5.32. The standard InChI is InChI=1S/C10H8F4INO3/c1-18-7(17)3-6-2-5(4-11)8(15)9(16-6)19-10(12,13)14/h2H,3-4H2,1H3. The van der Waals surface area contributed by atoms with Crippen molar-refractivity contribution in [3.05, 3.63) is 20.9 Å². The first-order valence-electron chi connectivity index (χ1n) is 4.83. The van der Waals surface area contributed by atoms with Crippen LogP contribution in [0.2, 0.25) is 0 Å². The molecule has 19 heavy (non-hydrogen) atoms. The minimum Gasteiger partial charge on any atom is -0.469 e. The molecule has 0 unspecified atom stereocenters. The van der Waals surface area contributed by atoms with E-state index in [4.69, 9.17) is 0 Å². The van der Waals surface area contributed by atoms with Gasteiger partial charge in [0.25, 0.3) is 0 Å². The Morgan fingerprint density at radius 2 is 2.11 bits per heavy atom. The summed E-state index contributed by atoms with van der Waals surface area (Å²) in [5.41, 5.74) is -0.0899. The lowest BCUT2D eigenvalue weighted by Gasteiger charge is -2.12. The highest BCUT2D eigenvalue weighted by molar-refractivity contribution is 14.1. The van der Waals surface area contributed by atoms with Crippen LogP contribution >= 0.6 is 22.6 Å². The number of methoxy groups -OCH3 is 1. The zero-order valence-electron chi connectivity index (χ0n) is 9.55. The van der Waals surface area contributed by atoms with Crippen LogP contribution in [-0.2, 0) is 22.6 Å². The number of halogens is 5. The Bertz CT molecular complexity index is 479. The van der Waals surface area contributed by atoms with E-state index < -0.39 is 24.9 Å². The quantitative estimate of drug-likeness (QED) is 0.449. The zero-order chi connectivity index (χ0) is 14.6. The number of hydrogen-bond donors (Lipinski definition) is 0. The maximum Gasteiger partial charge on any atom is 0.574 e. The molecule has 0 aliphatic rings. The summed E-state index contributed by atoms with van der Waals surface area (Å²) in [6.45, 7) is -0.997. The van der Waals surface area contributed by atoms with E-state index in [-0.39, 0.29) is 21.2 Å². The fourth-order valence-electron chi connectivity index (χ4n) is 1.20. The van der Waals surface area contributed by atoms with E-state index in [9.17, 15) is 22.4 Å². The van der Waals surface area contributed by atoms with Crippen LogP contribution in [0.3, 0.4) is 0 Å². The van der Waals surface area contributed by atoms with Gasteiger partial charge in [-0.15, -0.1) is 13.2 Å². The number of aromatic nitrogens is 1. The minimum absolute atomic E-state index is 0.0336. The number of ether oxygens (including phenoxy) is 2. The molecule has 0 atom stereocenters. The van der Waals surface area contributed by atoms with E-state index in [0.29, 0.717) is 0 Å². The highest BCUT2D eigenvalue weighted by Gasteiger charge is 2.33. The van der Waals surface area contributed by atoms with Crippen LogP contribution in [0, 0.1) is 3.57 Å². The molecule has 0 aromatic carbocycles. The van der Waals surface area contributed by atoms with Gasteiger partial charge in [-0.2, -0.15) is 0 Å². The first kappa shape index (κ1) is 15.9. The highest BCUT2D eigenvalue weighted by atomic mass is 127. The van der Waals surface area contributed by atoms with Crippen LogP contribution in [0.1, 0.15) is 11.3 Å². The van der Waals surface area contributed by atoms with E-state index in [1.807, 2.05) is 0 Å². The molecule has 4 nitrogen and oxygen atoms in total. The second-order valence-electron chi connectivity index (χ2n) is 3.33. The van der Waals surface area contributed by atoms with E-state index in [1.165, 1.54) is 28.7 Å². The van der Waals surface area contributed by atoms with Crippen LogP contribution in [-0.4, -0.2) is 24.4 Å². The number of alkyl halides is 4. The SMILES string of the molecule is COC(=O)Cc1cc(CF)c(I)c(OC(F)(F)F)n1. The summed E-state index contributed by atoms with van der Waals surface area (Å²) in [6.07, 6.45) is -5.31. The van der Waals surface area contributed by atoms with Crippen molar-refractivity contribution < 1.29 is 31.8 Å². The van der Waals surface area contributed by atoms with Gasteiger partial charge >= 0.3 is 12.3 Å². The molecule has 0 bridgehead atoms. The predicted octanol–water partition coefficient (Wildman–Crippen LogP) is 2.77. The fraction of sp³-hybridized carbons (Fsp3) is 0.400. The summed E-state index contributed by atoms with van der Waals surface area (Å²) in [5, 5.41) is 0. The van der Waals surface area contributed by atoms with Gasteiger partial charge in [0.2, 0.25) is 5.88 Å². The van der Waals surface area contributed by atoms with Crippen molar-refractivity contribution in [2.45, 2.75) is 19.5 Å². The highest BCUT2D eigenvalue weighted by Crippen LogP contribution is 2.29. The Balaban J connectivity index is 3.14. The Hall–Kier alpha value is -1.13. The van der Waals surface area contributed by atoms with E-state index in [1.54, 1.807) is 0 Å². The Morgan fingerprint density at radius 3 is 2.58 bits per heavy atom. The molecule has 1 aromatic rings. The predicted molar refractivity (Wildman–Crippen MR) is 64.2 cm³/mol. The van der Waals surface area contributed by atoms with Crippen molar-refractivity contribution >= 4 is 28.6 Å². The van der Waals surface area contributed by atoms with Crippen molar-refractivity contribution in [2.75, 3.05) is 7.11 Å². The summed E-state index contributed by atoms with van der Waals surface area (Å²) in [4.78, 5) is 14.6. The molecule has 106 valence electrons. The molecule has 0 aliphatic carbocycles. The lowest BCUT2D eigenvalue weighted by Crippen LogP contribution is -2.20. The molecule has 0 amide bonds. The van der Waals surface area contributed by atoms with Gasteiger partial charge in [0, 0.05) is 5.56 Å². The Labute approximate surface area is 119 Å². The molecule has 0 aliphatic heterocycles. The molecule has 0 radical (unpaired) electrons. The molecular weight excluding hydrogens is 385 g/mol. The zero-order valence-corrected chi connectivity index (χ0v) is 11.7. The monoisotopic (exact) mass is 393 g/mol. The summed E-state index contributed by atoms with van der Waals surface area (Å²) in [7, 11) is 1.12. The van der Waals surface area contributed by atoms with Gasteiger partial charge < -0.3 is 9.47 Å². The maximum atomic E-state index is 12.7. The lowest BCUT2D eigenvalue weighted by molar-refractivity contribution is -0.276. The summed E-state index contributed by atoms with van der Waals surface area (Å²) < 4.78 is 57.2. The van der Waals surface area contributed by atoms with Gasteiger partial charge in [0.15, 0.2) is 0 Å². The van der Waals surface area contributed by atoms with Crippen LogP contribution < -0.4 is 4.74 Å². The van der Waals surface area contributed by atoms with Gasteiger partial charge in [0.1, 0.15) is 6.67 Å². The average Bonchev–Trinajstić information content (AvgIpc) is 2.31. The topological polar surface area (TPSA) is 48.4 Å². The normalized spacial score (nSPS) is 11.3. The first-order valence-corrected chi connectivity index (χ1v) is 5.91. The largest absolute Gasteiger partial charge is 0.574 e. The van der Waals surface area contributed by atoms with Crippen molar-refractivity contribution in [3.63, 3.8) is 0 Å². The maximum absolute atomic E-state index is 12.7. The Morgan fingerprint density at radius 1 is 1.47 bits per heavy atom. The third-order valence-corrected chi connectivity index (χ3v) is 3.12. The smallest absolute Gasteiger partial charge is 0.469 e. The fourth-order valence-corrected chi connectivity index (χ4v) is 1.73. The number of carbonyl (C=O) groups excluding carboxylic acids is 1. The number of carbonyl (C=O) groups is 1. The van der Waals surface area contributed by atoms with Crippen LogP contribution in [0.4, 0.5) is 17.6 Å². The molecule has 9 heteroatoms. The van der Waals surface area contributed by atoms with E-state index in [2.05, 4.69) is 14.5 Å². The second-order valence-corrected chi connectivity index (χ2v) is 4.40. The van der Waals surface area contributed by atoms with Gasteiger partial charge in [-0.25, -0.2) is 9.37 Å². The summed E-state index contributed by atoms with van der Waals surface area (Å²) in [5.74, 6) is -1.47. The lowest BCUT2D eigenvalue weighted by atomic mass is 10.2. The second kappa shape index (κ2) is 6.35. The molecule has 0 saturated heterocycles. The summed E-state index contributed by atoms with van der Waals surface area (Å²) >= 11 is 1.50. The number of esters is 1. The molecule has 1 rings (SSSR count). The molecular formula is C10H8F4INO3. The van der Waals surface area contributed by atoms with Gasteiger partial charge in [-0.3, -0.25) is 4.79 Å². The molecule has 0 N–H and O–H groups in total. The summed E-state index contributed by atoms with van der Waals surface area (Å²) in [6, 6.07) is 1.20. The van der Waals surface area contributed by atoms with E-state index >= 15 is 0 Å². The van der Waals surface area contributed by atoms with Gasteiger partial charge in [0.05, 0.1) is 22.8 Å². The van der Waals surface area contributed by atoms with E-state index in [0.717, 1.165) is 7.11 Å². The third kappa shape index (κ3) is 4.80. The average molecular weight is 393 g/mol. The first-order chi connectivity index (χ1) is 8.76. The number of rotatable bonds is 4. The number of hydrogen-bond acceptors (Lipinski definition) is 4. The van der Waals surface area contributed by atoms with Gasteiger partial charge in [-0.05, 0) is 28.7 Å². The molecule has 1 heterocycles. The van der Waals surface area contributed by atoms with Crippen LogP contribution in [0.5, 0.6) is 5.88 Å². The molecule has 0 fully saturated rings. The van der Waals surface area contributed by atoms with Crippen molar-refractivity contribution in [1.82, 2.24) is 4.98 Å². The number of pyridine rings is 1. The minimum atomic E-state index is -4.94. The molecule has 0 spiro atoms. The third-order valence-electron chi connectivity index (χ3n) is 1.97. The van der Waals surface area contributed by atoms with Crippen molar-refractivity contribution in [1.29, 1.82) is 0 Å².